The average molecular weight is 628 g/mol. The molecule has 0 aliphatic rings. The van der Waals surface area contributed by atoms with Gasteiger partial charge in [-0.1, -0.05) is 121 Å². The van der Waals surface area contributed by atoms with Gasteiger partial charge in [0.2, 0.25) is 0 Å². The number of hydrogen-bond donors (Lipinski definition) is 0. The molecule has 0 bridgehead atoms. The van der Waals surface area contributed by atoms with Crippen LogP contribution in [0.4, 0.5) is 17.1 Å². The normalized spacial score (nSPS) is 11.7. The van der Waals surface area contributed by atoms with Gasteiger partial charge in [-0.25, -0.2) is 0 Å². The van der Waals surface area contributed by atoms with Crippen LogP contribution < -0.4 is 4.90 Å². The van der Waals surface area contributed by atoms with E-state index < -0.39 is 0 Å². The first-order valence-electron chi connectivity index (χ1n) is 16.6. The lowest BCUT2D eigenvalue weighted by Gasteiger charge is -2.29. The van der Waals surface area contributed by atoms with Crippen LogP contribution in [0.15, 0.2) is 185 Å². The highest BCUT2D eigenvalue weighted by atomic mass is 16.3. The summed E-state index contributed by atoms with van der Waals surface area (Å²) in [7, 11) is 0. The lowest BCUT2D eigenvalue weighted by atomic mass is 9.99. The fourth-order valence-corrected chi connectivity index (χ4v) is 7.39. The Morgan fingerprint density at radius 2 is 1.04 bits per heavy atom. The molecule has 10 rings (SSSR count). The fourth-order valence-electron chi connectivity index (χ4n) is 7.39. The van der Waals surface area contributed by atoms with Crippen LogP contribution in [0.5, 0.6) is 0 Å². The van der Waals surface area contributed by atoms with Gasteiger partial charge in [0.25, 0.3) is 0 Å². The van der Waals surface area contributed by atoms with Crippen molar-refractivity contribution in [1.29, 1.82) is 0 Å². The molecule has 2 heterocycles. The number of rotatable bonds is 5. The molecule has 0 radical (unpaired) electrons. The third-order valence-corrected chi connectivity index (χ3v) is 9.65. The predicted molar refractivity (Wildman–Crippen MR) is 204 cm³/mol. The van der Waals surface area contributed by atoms with Gasteiger partial charge in [-0.05, 0) is 76.7 Å². The first kappa shape index (κ1) is 27.5. The summed E-state index contributed by atoms with van der Waals surface area (Å²) in [4.78, 5) is 2.39. The molecule has 10 aromatic rings. The third kappa shape index (κ3) is 4.44. The van der Waals surface area contributed by atoms with Crippen LogP contribution in [0.25, 0.3) is 76.9 Å². The van der Waals surface area contributed by atoms with E-state index in [1.54, 1.807) is 0 Å². The molecule has 49 heavy (non-hydrogen) atoms. The maximum Gasteiger partial charge on any atom is 0.143 e. The van der Waals surface area contributed by atoms with Crippen LogP contribution in [0.1, 0.15) is 0 Å². The van der Waals surface area contributed by atoms with Crippen LogP contribution in [0.3, 0.4) is 0 Å². The minimum atomic E-state index is 0.859. The Morgan fingerprint density at radius 1 is 0.367 bits per heavy atom. The van der Waals surface area contributed by atoms with Crippen LogP contribution in [0, 0.1) is 0 Å². The Labute approximate surface area is 282 Å². The molecule has 0 amide bonds. The Kier molecular flexibility index (Phi) is 6.18. The zero-order valence-corrected chi connectivity index (χ0v) is 26.5. The lowest BCUT2D eigenvalue weighted by molar-refractivity contribution is 0.669. The average Bonchev–Trinajstić information content (AvgIpc) is 3.74. The zero-order valence-electron chi connectivity index (χ0n) is 26.5. The van der Waals surface area contributed by atoms with Crippen LogP contribution in [0.2, 0.25) is 0 Å². The molecule has 8 aromatic carbocycles. The summed E-state index contributed by atoms with van der Waals surface area (Å²) in [6.45, 7) is 0. The number of benzene rings is 8. The molecule has 0 spiro atoms. The van der Waals surface area contributed by atoms with E-state index in [2.05, 4.69) is 169 Å². The molecule has 3 heteroatoms. The van der Waals surface area contributed by atoms with Crippen molar-refractivity contribution in [3.63, 3.8) is 0 Å². The maximum absolute atomic E-state index is 6.66. The van der Waals surface area contributed by atoms with Crippen molar-refractivity contribution in [3.05, 3.63) is 176 Å². The van der Waals surface area contributed by atoms with Crippen molar-refractivity contribution in [3.8, 4) is 22.3 Å². The summed E-state index contributed by atoms with van der Waals surface area (Å²) < 4.78 is 13.0. The highest BCUT2D eigenvalue weighted by Gasteiger charge is 2.23. The summed E-state index contributed by atoms with van der Waals surface area (Å²) in [6, 6.07) is 62.0. The van der Waals surface area contributed by atoms with Gasteiger partial charge in [0.05, 0.1) is 16.8 Å². The molecular formula is C46H29NO2. The molecule has 0 aliphatic heterocycles. The Bertz CT molecular complexity index is 2840. The molecule has 0 fully saturated rings. The van der Waals surface area contributed by atoms with Crippen molar-refractivity contribution < 1.29 is 8.83 Å². The van der Waals surface area contributed by atoms with E-state index in [1.807, 2.05) is 12.1 Å². The van der Waals surface area contributed by atoms with Gasteiger partial charge in [-0.2, -0.15) is 0 Å². The predicted octanol–water partition coefficient (Wildman–Crippen LogP) is 13.4. The maximum atomic E-state index is 6.66. The summed E-state index contributed by atoms with van der Waals surface area (Å²) in [6.07, 6.45) is 0. The van der Waals surface area contributed by atoms with Crippen molar-refractivity contribution in [1.82, 2.24) is 0 Å². The Balaban J connectivity index is 1.22. The topological polar surface area (TPSA) is 29.5 Å². The minimum absolute atomic E-state index is 0.859. The van der Waals surface area contributed by atoms with Crippen LogP contribution in [-0.2, 0) is 0 Å². The number of fused-ring (bicyclic) bond motifs is 8. The number of nitrogens with zero attached hydrogens (tertiary/aromatic N) is 1. The summed E-state index contributed by atoms with van der Waals surface area (Å²) in [5.74, 6) is 0. The standard InChI is InChI=1S/C46H29NO2/c1-2-12-30(13-3-1)35-17-6-8-20-40(35)47(41-21-11-23-43-45(41)39-27-24-31-14-4-5-18-36(31)46(39)49-43)34-16-10-15-32(28-34)33-25-26-38-37-19-7-9-22-42(37)48-44(38)29-33/h1-29H. The first-order chi connectivity index (χ1) is 24.3. The van der Waals surface area contributed by atoms with Gasteiger partial charge in [-0.15, -0.1) is 0 Å². The van der Waals surface area contributed by atoms with E-state index in [-0.39, 0.29) is 0 Å². The van der Waals surface area contributed by atoms with E-state index in [0.717, 1.165) is 94.0 Å². The van der Waals surface area contributed by atoms with Crippen molar-refractivity contribution in [2.45, 2.75) is 0 Å². The number of furan rings is 2. The van der Waals surface area contributed by atoms with Crippen LogP contribution >= 0.6 is 0 Å². The van der Waals surface area contributed by atoms with Crippen LogP contribution in [-0.4, -0.2) is 0 Å². The first-order valence-corrected chi connectivity index (χ1v) is 16.6. The second kappa shape index (κ2) is 11.0. The molecule has 0 saturated carbocycles. The number of para-hydroxylation sites is 2. The second-order valence-electron chi connectivity index (χ2n) is 12.5. The quantitative estimate of drug-likeness (QED) is 0.190. The second-order valence-corrected chi connectivity index (χ2v) is 12.5. The monoisotopic (exact) mass is 627 g/mol. The molecule has 0 N–H and O–H groups in total. The molecule has 2 aromatic heterocycles. The zero-order chi connectivity index (χ0) is 32.3. The fraction of sp³-hybridized carbons (Fsp3) is 0. The van der Waals surface area contributed by atoms with Gasteiger partial charge < -0.3 is 13.7 Å². The Morgan fingerprint density at radius 3 is 1.98 bits per heavy atom. The SMILES string of the molecule is c1ccc(-c2ccccc2N(c2cccc(-c3ccc4c(c3)oc3ccccc34)c2)c2cccc3oc4c5ccccc5ccc4c23)cc1. The molecule has 0 unspecified atom stereocenters. The highest BCUT2D eigenvalue weighted by Crippen LogP contribution is 2.47. The summed E-state index contributed by atoms with van der Waals surface area (Å²) >= 11 is 0. The molecule has 3 nitrogen and oxygen atoms in total. The number of anilines is 3. The van der Waals surface area contributed by atoms with Gasteiger partial charge in [-0.3, -0.25) is 0 Å². The Hall–Kier alpha value is -6.58. The van der Waals surface area contributed by atoms with E-state index >= 15 is 0 Å². The smallest absolute Gasteiger partial charge is 0.143 e. The lowest BCUT2D eigenvalue weighted by Crippen LogP contribution is -2.11. The summed E-state index contributed by atoms with van der Waals surface area (Å²) in [5.41, 5.74) is 11.3. The molecule has 0 saturated heterocycles. The number of hydrogen-bond acceptors (Lipinski definition) is 3. The van der Waals surface area contributed by atoms with Gasteiger partial charge in [0, 0.05) is 32.8 Å². The highest BCUT2D eigenvalue weighted by molar-refractivity contribution is 6.20. The molecule has 0 atom stereocenters. The largest absolute Gasteiger partial charge is 0.456 e. The third-order valence-electron chi connectivity index (χ3n) is 9.65. The van der Waals surface area contributed by atoms with E-state index in [0.29, 0.717) is 0 Å². The minimum Gasteiger partial charge on any atom is -0.456 e. The van der Waals surface area contributed by atoms with Gasteiger partial charge in [0.1, 0.15) is 22.3 Å². The van der Waals surface area contributed by atoms with Crippen molar-refractivity contribution >= 4 is 71.7 Å². The van der Waals surface area contributed by atoms with Crippen molar-refractivity contribution in [2.24, 2.45) is 0 Å². The molecular weight excluding hydrogens is 599 g/mol. The molecule has 230 valence electrons. The van der Waals surface area contributed by atoms with E-state index in [9.17, 15) is 0 Å². The summed E-state index contributed by atoms with van der Waals surface area (Å²) in [5, 5.41) is 6.71. The van der Waals surface area contributed by atoms with Crippen molar-refractivity contribution in [2.75, 3.05) is 4.90 Å². The van der Waals surface area contributed by atoms with Gasteiger partial charge in [0.15, 0.2) is 0 Å². The molecule has 0 aliphatic carbocycles. The van der Waals surface area contributed by atoms with E-state index in [1.165, 1.54) is 0 Å². The van der Waals surface area contributed by atoms with Gasteiger partial charge >= 0.3 is 0 Å². The van der Waals surface area contributed by atoms with E-state index in [4.69, 9.17) is 8.83 Å².